The highest BCUT2D eigenvalue weighted by atomic mass is 19.1. The molecule has 9 rings (SSSR count). The Kier molecular flexibility index (Phi) is 11.3. The third kappa shape index (κ3) is 9.80. The van der Waals surface area contributed by atoms with Gasteiger partial charge in [-0.05, 0) is 66.5 Å². The minimum atomic E-state index is -2.90. The number of alkyl carbamates (subject to hydrolysis) is 1. The van der Waals surface area contributed by atoms with E-state index in [9.17, 15) is 16.7 Å². The predicted octanol–water partition coefficient (Wildman–Crippen LogP) is 9.32. The van der Waals surface area contributed by atoms with Crippen LogP contribution in [0.2, 0.25) is 0 Å². The Bertz CT molecular complexity index is 2850. The van der Waals surface area contributed by atoms with Crippen molar-refractivity contribution in [3.8, 4) is 23.1 Å². The lowest BCUT2D eigenvalue weighted by Crippen LogP contribution is -2.61. The molecule has 6 aromatic rings. The topological polar surface area (TPSA) is 128 Å². The van der Waals surface area contributed by atoms with E-state index in [-0.39, 0.29) is 84.3 Å². The first kappa shape index (κ1) is 38.9. The summed E-state index contributed by atoms with van der Waals surface area (Å²) in [5.41, 5.74) is -0.826. The van der Waals surface area contributed by atoms with Gasteiger partial charge in [-0.3, -0.25) is 9.88 Å². The molecule has 4 atom stereocenters. The molecule has 3 aliphatic heterocycles. The van der Waals surface area contributed by atoms with Crippen LogP contribution in [0.1, 0.15) is 61.2 Å². The monoisotopic (exact) mass is 892 g/mol. The number of benzene rings is 4. The second-order valence-electron chi connectivity index (χ2n) is 17.1. The van der Waals surface area contributed by atoms with E-state index in [0.29, 0.717) is 18.4 Å². The van der Waals surface area contributed by atoms with Crippen LogP contribution in [0.5, 0.6) is 11.9 Å². The van der Waals surface area contributed by atoms with E-state index < -0.39 is 60.8 Å². The highest BCUT2D eigenvalue weighted by Gasteiger charge is 2.49. The van der Waals surface area contributed by atoms with Crippen molar-refractivity contribution in [1.29, 1.82) is 0 Å². The molecule has 3 fully saturated rings. The molecule has 65 heavy (non-hydrogen) atoms. The molecule has 3 saturated heterocycles. The minimum absolute atomic E-state index is 0.000190. The van der Waals surface area contributed by atoms with Crippen LogP contribution in [-0.2, 0) is 29.1 Å². The quantitative estimate of drug-likeness (QED) is 0.113. The zero-order valence-electron chi connectivity index (χ0n) is 39.8. The van der Waals surface area contributed by atoms with Crippen LogP contribution in [0.15, 0.2) is 103 Å². The van der Waals surface area contributed by atoms with E-state index in [1.54, 1.807) is 42.5 Å². The number of nitrogens with zero attached hydrogens (tertiary/aromatic N) is 5. The summed E-state index contributed by atoms with van der Waals surface area (Å²) in [6.07, 6.45) is -7.17. The Morgan fingerprint density at radius 1 is 0.877 bits per heavy atom. The number of amides is 2. The highest BCUT2D eigenvalue weighted by molar-refractivity contribution is 6.00. The van der Waals surface area contributed by atoms with Crippen molar-refractivity contribution in [2.75, 3.05) is 39.4 Å². The van der Waals surface area contributed by atoms with Crippen LogP contribution in [-0.4, -0.2) is 99.8 Å². The van der Waals surface area contributed by atoms with E-state index in [0.717, 1.165) is 35.4 Å². The van der Waals surface area contributed by atoms with Crippen LogP contribution in [0.3, 0.4) is 0 Å². The summed E-state index contributed by atoms with van der Waals surface area (Å²) in [6.45, 7) is 1.21. The molecule has 0 spiro atoms. The van der Waals surface area contributed by atoms with Crippen LogP contribution in [0.4, 0.5) is 22.8 Å². The summed E-state index contributed by atoms with van der Waals surface area (Å²) < 4.78 is 106. The molecule has 2 aromatic heterocycles. The van der Waals surface area contributed by atoms with E-state index >= 15 is 8.78 Å². The summed E-state index contributed by atoms with van der Waals surface area (Å²) in [6, 6.07) is 27.5. The lowest BCUT2D eigenvalue weighted by Gasteiger charge is -2.41. The van der Waals surface area contributed by atoms with Crippen molar-refractivity contribution >= 4 is 33.9 Å². The average molecular weight is 893 g/mol. The summed E-state index contributed by atoms with van der Waals surface area (Å²) >= 11 is 0. The van der Waals surface area contributed by atoms with Gasteiger partial charge in [0.1, 0.15) is 43.4 Å². The fourth-order valence-electron chi connectivity index (χ4n) is 9.29. The average Bonchev–Trinajstić information content (AvgIpc) is 3.86. The number of rotatable bonds is 14. The number of piperidine rings is 1. The van der Waals surface area contributed by atoms with Gasteiger partial charge in [0, 0.05) is 43.2 Å². The second kappa shape index (κ2) is 18.9. The lowest BCUT2D eigenvalue weighted by molar-refractivity contribution is 0.0385. The van der Waals surface area contributed by atoms with Crippen molar-refractivity contribution in [1.82, 2.24) is 30.1 Å². The number of hydrogen-bond donors (Lipinski definition) is 1. The van der Waals surface area contributed by atoms with Gasteiger partial charge in [-0.15, -0.1) is 0 Å². The number of hydrogen-bond acceptors (Lipinski definition) is 10. The van der Waals surface area contributed by atoms with Crippen molar-refractivity contribution < 1.29 is 47.2 Å². The summed E-state index contributed by atoms with van der Waals surface area (Å²) in [4.78, 5) is 43.0. The third-order valence-electron chi connectivity index (χ3n) is 12.2. The number of nitrogens with one attached hydrogen (secondary N) is 1. The first-order valence-corrected chi connectivity index (χ1v) is 21.7. The number of ether oxygens (including phenoxy) is 4. The Hall–Kier alpha value is -6.48. The molecule has 0 saturated carbocycles. The lowest BCUT2D eigenvalue weighted by atomic mass is 9.90. The first-order valence-electron chi connectivity index (χ1n) is 23.7. The van der Waals surface area contributed by atoms with E-state index in [4.69, 9.17) is 21.7 Å². The third-order valence-corrected chi connectivity index (χ3v) is 12.2. The fraction of sp³-hybridized carbons (Fsp3) is 0.380. The molecule has 338 valence electrons. The molecule has 15 heteroatoms. The molecule has 5 heterocycles. The minimum Gasteiger partial charge on any atom is -0.472 e. The van der Waals surface area contributed by atoms with Crippen molar-refractivity contribution in [3.63, 3.8) is 0 Å². The highest BCUT2D eigenvalue weighted by Crippen LogP contribution is 2.41. The van der Waals surface area contributed by atoms with Gasteiger partial charge in [0.2, 0.25) is 5.88 Å². The maximum absolute atomic E-state index is 17.3. The number of pyridine rings is 1. The fourth-order valence-corrected chi connectivity index (χ4v) is 9.29. The van der Waals surface area contributed by atoms with Crippen molar-refractivity contribution in [3.05, 3.63) is 126 Å². The van der Waals surface area contributed by atoms with Crippen LogP contribution < -0.4 is 14.8 Å². The first-order chi connectivity index (χ1) is 33.0. The van der Waals surface area contributed by atoms with Crippen LogP contribution >= 0.6 is 0 Å². The molecule has 2 amide bonds. The molecule has 0 bridgehead atoms. The van der Waals surface area contributed by atoms with E-state index in [2.05, 4.69) is 25.2 Å². The standard InChI is InChI=1S/C50H51F3N6O6/c1-49(24-37(51)27-58(31-49)48(61)64-30-34-14-6-3-7-15-34)57-47(60)62-23-10-19-36-17-8-16-35-18-9-20-39(41(35)36)43-42(53)44-40(26-54-43)45(63-29-33-12-4-2-5-13-33)56-46(55-44)65-32-50-21-11-22-59(50)28-38(52)25-50/h2-9,12-18,20,26,37-38H,10-11,19,21-25,27-32H2,1H3,(H,57,60)/t37-,38-,49-,50+/m1/s1/i10D2,19D2. The van der Waals surface area contributed by atoms with Gasteiger partial charge < -0.3 is 29.2 Å². The number of likely N-dealkylation sites (tertiary alicyclic amines) is 1. The zero-order valence-corrected chi connectivity index (χ0v) is 35.8. The van der Waals surface area contributed by atoms with Gasteiger partial charge in [0.15, 0.2) is 5.82 Å². The van der Waals surface area contributed by atoms with Crippen LogP contribution in [0, 0.1) is 5.82 Å². The van der Waals surface area contributed by atoms with Gasteiger partial charge in [-0.1, -0.05) is 97.1 Å². The van der Waals surface area contributed by atoms with Crippen molar-refractivity contribution in [2.45, 2.75) is 82.0 Å². The zero-order chi connectivity index (χ0) is 48.6. The molecule has 0 aliphatic carbocycles. The smallest absolute Gasteiger partial charge is 0.410 e. The molecule has 3 aliphatic rings. The number of alkyl halides is 2. The Labute approximate surface area is 380 Å². The number of halogens is 3. The van der Waals surface area contributed by atoms with Crippen molar-refractivity contribution in [2.24, 2.45) is 0 Å². The molecular weight excluding hydrogens is 838 g/mol. The summed E-state index contributed by atoms with van der Waals surface area (Å²) in [5, 5.41) is 3.26. The number of aryl methyl sites for hydroxylation is 1. The van der Waals surface area contributed by atoms with Gasteiger partial charge in [0.25, 0.3) is 0 Å². The maximum Gasteiger partial charge on any atom is 0.410 e. The SMILES string of the molecule is [2H]C([2H])(COC(=O)N[C@]1(C)C[C@@H](F)CN(C(=O)OCc2ccccc2)C1)C([2H])([2H])c1cccc2cccc(-c3ncc4c(OCc5ccccc5)nc(OC[C@@]56CCCN5C[C@H](F)C6)nc4c3F)c12. The van der Waals surface area contributed by atoms with E-state index in [1.807, 2.05) is 36.4 Å². The number of carbonyl (C=O) groups excluding carboxylic acids is 2. The molecule has 0 unspecified atom stereocenters. The molecular formula is C50H51F3N6O6. The Morgan fingerprint density at radius 2 is 1.62 bits per heavy atom. The van der Waals surface area contributed by atoms with Crippen LogP contribution in [0.25, 0.3) is 32.9 Å². The summed E-state index contributed by atoms with van der Waals surface area (Å²) in [7, 11) is 0. The number of fused-ring (bicyclic) bond motifs is 3. The largest absolute Gasteiger partial charge is 0.472 e. The molecule has 1 N–H and O–H groups in total. The predicted molar refractivity (Wildman–Crippen MR) is 238 cm³/mol. The second-order valence-corrected chi connectivity index (χ2v) is 17.1. The molecule has 12 nitrogen and oxygen atoms in total. The van der Waals surface area contributed by atoms with Gasteiger partial charge in [-0.2, -0.15) is 9.97 Å². The molecule has 4 aromatic carbocycles. The number of carbonyl (C=O) groups is 2. The Morgan fingerprint density at radius 3 is 2.40 bits per heavy atom. The number of aromatic nitrogens is 3. The Balaban J connectivity index is 0.970. The van der Waals surface area contributed by atoms with Gasteiger partial charge in [-0.25, -0.2) is 22.8 Å². The molecule has 0 radical (unpaired) electrons. The maximum atomic E-state index is 17.3. The normalized spacial score (nSPS) is 23.2. The summed E-state index contributed by atoms with van der Waals surface area (Å²) in [5.74, 6) is -0.907. The van der Waals surface area contributed by atoms with E-state index in [1.165, 1.54) is 31.3 Å². The van der Waals surface area contributed by atoms with Gasteiger partial charge in [0.05, 0.1) is 29.6 Å². The van der Waals surface area contributed by atoms with Gasteiger partial charge >= 0.3 is 18.2 Å².